The number of benzene rings is 1. The molecule has 1 aromatic heterocycles. The summed E-state index contributed by atoms with van der Waals surface area (Å²) in [5.41, 5.74) is 3.43. The zero-order chi connectivity index (χ0) is 21.1. The molecule has 0 aliphatic carbocycles. The molecule has 0 aliphatic heterocycles. The van der Waals surface area contributed by atoms with E-state index in [1.54, 1.807) is 14.2 Å². The van der Waals surface area contributed by atoms with Crippen molar-refractivity contribution in [3.05, 3.63) is 40.8 Å². The molecule has 0 bridgehead atoms. The van der Waals surface area contributed by atoms with E-state index in [-0.39, 0.29) is 0 Å². The maximum Gasteiger partial charge on any atom is 0.190 e. The van der Waals surface area contributed by atoms with Crippen LogP contribution in [0.25, 0.3) is 0 Å². The highest BCUT2D eigenvalue weighted by atomic mass is 16.5. The highest BCUT2D eigenvalue weighted by Crippen LogP contribution is 2.28. The average molecular weight is 403 g/mol. The molecule has 0 radical (unpaired) electrons. The molecule has 0 saturated heterocycles. The molecule has 7 nitrogen and oxygen atoms in total. The lowest BCUT2D eigenvalue weighted by Gasteiger charge is -2.13. The molecular formula is C22H34N4O3. The Bertz CT molecular complexity index is 767. The largest absolute Gasteiger partial charge is 0.493 e. The Balaban J connectivity index is 1.68. The number of nitrogens with one attached hydrogen (secondary N) is 2. The molecule has 0 saturated carbocycles. The standard InChI is InChI=1S/C22H34N4O3/c1-6-28-21-15-18(11-12-20(21)27-5)9-7-13-24-22(23-4)25-14-8-10-19-16(2)26-29-17(19)3/h11-12,15H,6-10,13-14H2,1-5H3,(H2,23,24,25). The summed E-state index contributed by atoms with van der Waals surface area (Å²) in [5, 5.41) is 10.7. The number of aliphatic imine (C=N–C) groups is 1. The number of rotatable bonds is 11. The first-order chi connectivity index (χ1) is 14.1. The Hall–Kier alpha value is -2.70. The Labute approximate surface area is 173 Å². The lowest BCUT2D eigenvalue weighted by molar-refractivity contribution is 0.310. The summed E-state index contributed by atoms with van der Waals surface area (Å²) in [5.74, 6) is 3.32. The highest BCUT2D eigenvalue weighted by molar-refractivity contribution is 5.79. The zero-order valence-corrected chi connectivity index (χ0v) is 18.3. The van der Waals surface area contributed by atoms with Gasteiger partial charge in [-0.1, -0.05) is 11.2 Å². The minimum absolute atomic E-state index is 0.625. The van der Waals surface area contributed by atoms with Gasteiger partial charge in [0.25, 0.3) is 0 Å². The van der Waals surface area contributed by atoms with E-state index in [1.807, 2.05) is 26.8 Å². The summed E-state index contributed by atoms with van der Waals surface area (Å²) in [7, 11) is 3.45. The number of hydrogen-bond donors (Lipinski definition) is 2. The SMILES string of the molecule is CCOc1cc(CCCNC(=NC)NCCCc2c(C)noc2C)ccc1OC. The minimum Gasteiger partial charge on any atom is -0.493 e. The monoisotopic (exact) mass is 402 g/mol. The summed E-state index contributed by atoms with van der Waals surface area (Å²) < 4.78 is 16.2. The molecule has 1 heterocycles. The van der Waals surface area contributed by atoms with Crippen LogP contribution in [0.5, 0.6) is 11.5 Å². The van der Waals surface area contributed by atoms with Gasteiger partial charge in [0.15, 0.2) is 17.5 Å². The Morgan fingerprint density at radius 2 is 1.83 bits per heavy atom. The summed E-state index contributed by atoms with van der Waals surface area (Å²) in [4.78, 5) is 4.29. The molecule has 7 heteroatoms. The molecule has 0 amide bonds. The number of methoxy groups -OCH3 is 1. The van der Waals surface area contributed by atoms with Gasteiger partial charge < -0.3 is 24.6 Å². The summed E-state index contributed by atoms with van der Waals surface area (Å²) >= 11 is 0. The fourth-order valence-corrected chi connectivity index (χ4v) is 3.20. The van der Waals surface area contributed by atoms with Crippen molar-refractivity contribution in [2.75, 3.05) is 33.9 Å². The van der Waals surface area contributed by atoms with E-state index >= 15 is 0 Å². The van der Waals surface area contributed by atoms with Gasteiger partial charge in [-0.2, -0.15) is 0 Å². The van der Waals surface area contributed by atoms with Crippen molar-refractivity contribution in [1.82, 2.24) is 15.8 Å². The Morgan fingerprint density at radius 3 is 2.41 bits per heavy atom. The minimum atomic E-state index is 0.625. The molecule has 2 rings (SSSR count). The van der Waals surface area contributed by atoms with Crippen LogP contribution in [0.2, 0.25) is 0 Å². The molecule has 0 spiro atoms. The van der Waals surface area contributed by atoms with E-state index in [0.717, 1.165) is 67.7 Å². The van der Waals surface area contributed by atoms with Crippen molar-refractivity contribution in [2.24, 2.45) is 4.99 Å². The van der Waals surface area contributed by atoms with Gasteiger partial charge in [0, 0.05) is 25.7 Å². The predicted octanol–water partition coefficient (Wildman–Crippen LogP) is 3.43. The number of aryl methyl sites for hydroxylation is 3. The first kappa shape index (κ1) is 22.6. The smallest absolute Gasteiger partial charge is 0.190 e. The van der Waals surface area contributed by atoms with E-state index in [2.05, 4.69) is 32.9 Å². The fourth-order valence-electron chi connectivity index (χ4n) is 3.20. The van der Waals surface area contributed by atoms with Crippen LogP contribution in [-0.2, 0) is 12.8 Å². The van der Waals surface area contributed by atoms with Gasteiger partial charge in [-0.25, -0.2) is 0 Å². The summed E-state index contributed by atoms with van der Waals surface area (Å²) in [6, 6.07) is 6.11. The molecule has 1 aromatic carbocycles. The first-order valence-electron chi connectivity index (χ1n) is 10.2. The number of guanidine groups is 1. The quantitative estimate of drug-likeness (QED) is 0.340. The van der Waals surface area contributed by atoms with Crippen molar-refractivity contribution >= 4 is 5.96 Å². The van der Waals surface area contributed by atoms with Crippen LogP contribution in [0.3, 0.4) is 0 Å². The molecule has 0 atom stereocenters. The molecule has 2 aromatic rings. The van der Waals surface area contributed by atoms with Crippen LogP contribution in [0.15, 0.2) is 27.7 Å². The topological polar surface area (TPSA) is 80.9 Å². The van der Waals surface area contributed by atoms with Crippen molar-refractivity contribution in [1.29, 1.82) is 0 Å². The third-order valence-corrected chi connectivity index (χ3v) is 4.76. The van der Waals surface area contributed by atoms with Crippen LogP contribution in [0, 0.1) is 13.8 Å². The molecular weight excluding hydrogens is 368 g/mol. The summed E-state index contributed by atoms with van der Waals surface area (Å²) in [6.07, 6.45) is 3.90. The van der Waals surface area contributed by atoms with Crippen molar-refractivity contribution < 1.29 is 14.0 Å². The van der Waals surface area contributed by atoms with Crippen LogP contribution in [-0.4, -0.2) is 45.0 Å². The maximum atomic E-state index is 5.65. The predicted molar refractivity (Wildman–Crippen MR) is 116 cm³/mol. The number of ether oxygens (including phenoxy) is 2. The Morgan fingerprint density at radius 1 is 1.10 bits per heavy atom. The van der Waals surface area contributed by atoms with Gasteiger partial charge in [-0.15, -0.1) is 0 Å². The molecule has 0 fully saturated rings. The van der Waals surface area contributed by atoms with E-state index in [9.17, 15) is 0 Å². The van der Waals surface area contributed by atoms with Crippen LogP contribution in [0.1, 0.15) is 42.3 Å². The van der Waals surface area contributed by atoms with Crippen molar-refractivity contribution in [3.63, 3.8) is 0 Å². The van der Waals surface area contributed by atoms with Gasteiger partial charge in [0.1, 0.15) is 5.76 Å². The highest BCUT2D eigenvalue weighted by Gasteiger charge is 2.08. The van der Waals surface area contributed by atoms with E-state index in [4.69, 9.17) is 14.0 Å². The average Bonchev–Trinajstić information content (AvgIpc) is 3.05. The van der Waals surface area contributed by atoms with Crippen LogP contribution < -0.4 is 20.1 Å². The first-order valence-corrected chi connectivity index (χ1v) is 10.2. The zero-order valence-electron chi connectivity index (χ0n) is 18.3. The number of nitrogens with zero attached hydrogens (tertiary/aromatic N) is 2. The van der Waals surface area contributed by atoms with Crippen LogP contribution >= 0.6 is 0 Å². The van der Waals surface area contributed by atoms with E-state index in [0.29, 0.717) is 6.61 Å². The second-order valence-corrected chi connectivity index (χ2v) is 6.85. The van der Waals surface area contributed by atoms with Crippen molar-refractivity contribution in [2.45, 2.75) is 46.5 Å². The Kier molecular flexibility index (Phi) is 9.34. The van der Waals surface area contributed by atoms with Gasteiger partial charge in [-0.05, 0) is 64.2 Å². The molecule has 160 valence electrons. The normalized spacial score (nSPS) is 11.4. The molecule has 2 N–H and O–H groups in total. The second kappa shape index (κ2) is 12.0. The van der Waals surface area contributed by atoms with E-state index in [1.165, 1.54) is 11.1 Å². The van der Waals surface area contributed by atoms with E-state index < -0.39 is 0 Å². The molecule has 29 heavy (non-hydrogen) atoms. The molecule has 0 unspecified atom stereocenters. The maximum absolute atomic E-state index is 5.65. The second-order valence-electron chi connectivity index (χ2n) is 6.85. The van der Waals surface area contributed by atoms with Gasteiger partial charge in [-0.3, -0.25) is 4.99 Å². The fraction of sp³-hybridized carbons (Fsp3) is 0.545. The molecule has 0 aliphatic rings. The van der Waals surface area contributed by atoms with Crippen LogP contribution in [0.4, 0.5) is 0 Å². The summed E-state index contributed by atoms with van der Waals surface area (Å²) in [6.45, 7) is 8.24. The van der Waals surface area contributed by atoms with Gasteiger partial charge >= 0.3 is 0 Å². The van der Waals surface area contributed by atoms with Gasteiger partial charge in [0.05, 0.1) is 19.4 Å². The number of hydrogen-bond acceptors (Lipinski definition) is 5. The third kappa shape index (κ3) is 7.00. The number of aromatic nitrogens is 1. The van der Waals surface area contributed by atoms with Gasteiger partial charge in [0.2, 0.25) is 0 Å². The third-order valence-electron chi connectivity index (χ3n) is 4.76. The lowest BCUT2D eigenvalue weighted by atomic mass is 10.1. The lowest BCUT2D eigenvalue weighted by Crippen LogP contribution is -2.38. The van der Waals surface area contributed by atoms with Crippen molar-refractivity contribution in [3.8, 4) is 11.5 Å².